The van der Waals surface area contributed by atoms with E-state index in [0.717, 1.165) is 48.1 Å². The average Bonchev–Trinajstić information content (AvgIpc) is 3.55. The van der Waals surface area contributed by atoms with Gasteiger partial charge in [0.15, 0.2) is 5.13 Å². The van der Waals surface area contributed by atoms with Gasteiger partial charge in [0.2, 0.25) is 11.8 Å². The summed E-state index contributed by atoms with van der Waals surface area (Å²) in [5.74, 6) is -0.672. The molecule has 34 heavy (non-hydrogen) atoms. The van der Waals surface area contributed by atoms with Crippen molar-refractivity contribution in [3.05, 3.63) is 48.0 Å². The number of hydrogen-bond acceptors (Lipinski definition) is 6. The topological polar surface area (TPSA) is 92.6 Å². The summed E-state index contributed by atoms with van der Waals surface area (Å²) < 4.78 is 5.16. The number of methoxy groups -OCH3 is 1. The highest BCUT2D eigenvalue weighted by Gasteiger charge is 2.30. The highest BCUT2D eigenvalue weighted by atomic mass is 32.1. The van der Waals surface area contributed by atoms with E-state index in [1.54, 1.807) is 20.4 Å². The number of aromatic nitrogens is 2. The Morgan fingerprint density at radius 2 is 1.91 bits per heavy atom. The van der Waals surface area contributed by atoms with Crippen molar-refractivity contribution < 1.29 is 19.4 Å². The number of anilines is 1. The fourth-order valence-corrected chi connectivity index (χ4v) is 5.46. The lowest BCUT2D eigenvalue weighted by atomic mass is 9.90. The first-order valence-corrected chi connectivity index (χ1v) is 12.4. The number of thiazole rings is 1. The minimum Gasteiger partial charge on any atom is -0.481 e. The molecule has 1 N–H and O–H groups in total. The number of amides is 1. The number of nitrogens with zero attached hydrogens (tertiary/aromatic N) is 3. The van der Waals surface area contributed by atoms with Crippen LogP contribution < -0.4 is 9.64 Å². The van der Waals surface area contributed by atoms with Crippen molar-refractivity contribution in [1.82, 2.24) is 9.97 Å². The van der Waals surface area contributed by atoms with Gasteiger partial charge < -0.3 is 9.84 Å². The van der Waals surface area contributed by atoms with E-state index in [1.807, 2.05) is 41.8 Å². The van der Waals surface area contributed by atoms with E-state index in [2.05, 4.69) is 4.98 Å². The van der Waals surface area contributed by atoms with Crippen LogP contribution in [0.3, 0.4) is 0 Å². The quantitative estimate of drug-likeness (QED) is 0.435. The van der Waals surface area contributed by atoms with Gasteiger partial charge in [0.1, 0.15) is 0 Å². The van der Waals surface area contributed by atoms with Crippen LogP contribution in [-0.4, -0.2) is 41.1 Å². The standard InChI is InChI=1S/C26H29N3O4S/c1-29(25(32)19(14-24(30)31)13-17-7-3-4-8-17)26-28-22(16-34-26)21-10-6-5-9-20(21)18-11-12-23(33-2)27-15-18/h5-6,9-12,15-17,19H,3-4,7-8,13-14H2,1-2H3,(H,30,31). The second-order valence-corrected chi connectivity index (χ2v) is 9.56. The smallest absolute Gasteiger partial charge is 0.304 e. The first-order chi connectivity index (χ1) is 16.5. The maximum absolute atomic E-state index is 13.3. The predicted molar refractivity (Wildman–Crippen MR) is 133 cm³/mol. The van der Waals surface area contributed by atoms with Crippen molar-refractivity contribution >= 4 is 28.3 Å². The number of ether oxygens (including phenoxy) is 1. The summed E-state index contributed by atoms with van der Waals surface area (Å²) in [7, 11) is 3.27. The largest absolute Gasteiger partial charge is 0.481 e. The molecule has 7 nitrogen and oxygen atoms in total. The molecule has 2 aromatic heterocycles. The van der Waals surface area contributed by atoms with Gasteiger partial charge in [0.25, 0.3) is 0 Å². The lowest BCUT2D eigenvalue weighted by Gasteiger charge is -2.23. The van der Waals surface area contributed by atoms with Crippen LogP contribution in [0.15, 0.2) is 48.0 Å². The number of carboxylic acid groups (broad SMARTS) is 1. The lowest BCUT2D eigenvalue weighted by Crippen LogP contribution is -2.35. The van der Waals surface area contributed by atoms with Gasteiger partial charge in [-0.3, -0.25) is 14.5 Å². The number of benzene rings is 1. The Morgan fingerprint density at radius 1 is 1.18 bits per heavy atom. The number of carbonyl (C=O) groups excluding carboxylic acids is 1. The highest BCUT2D eigenvalue weighted by Crippen LogP contribution is 2.36. The Labute approximate surface area is 203 Å². The molecule has 0 spiro atoms. The van der Waals surface area contributed by atoms with E-state index in [1.165, 1.54) is 16.2 Å². The molecule has 0 saturated heterocycles. The summed E-state index contributed by atoms with van der Waals surface area (Å²) in [6, 6.07) is 11.7. The molecule has 1 amide bonds. The van der Waals surface area contributed by atoms with Gasteiger partial charge >= 0.3 is 5.97 Å². The molecule has 1 aromatic carbocycles. The third kappa shape index (κ3) is 5.44. The Bertz CT molecular complexity index is 1140. The monoisotopic (exact) mass is 479 g/mol. The summed E-state index contributed by atoms with van der Waals surface area (Å²) in [4.78, 5) is 35.3. The highest BCUT2D eigenvalue weighted by molar-refractivity contribution is 7.14. The van der Waals surface area contributed by atoms with Crippen LogP contribution in [0.4, 0.5) is 5.13 Å². The first-order valence-electron chi connectivity index (χ1n) is 11.5. The molecule has 1 atom stereocenters. The fraction of sp³-hybridized carbons (Fsp3) is 0.385. The number of carbonyl (C=O) groups is 2. The van der Waals surface area contributed by atoms with E-state index in [0.29, 0.717) is 23.4 Å². The molecule has 0 aliphatic heterocycles. The second-order valence-electron chi connectivity index (χ2n) is 8.73. The van der Waals surface area contributed by atoms with Gasteiger partial charge in [-0.05, 0) is 24.0 Å². The zero-order valence-electron chi connectivity index (χ0n) is 19.4. The molecule has 1 aliphatic carbocycles. The van der Waals surface area contributed by atoms with Gasteiger partial charge in [0.05, 0.1) is 19.2 Å². The number of pyridine rings is 1. The fourth-order valence-electron chi connectivity index (χ4n) is 4.66. The van der Waals surface area contributed by atoms with E-state index in [-0.39, 0.29) is 12.3 Å². The molecule has 2 heterocycles. The van der Waals surface area contributed by atoms with Crippen LogP contribution >= 0.6 is 11.3 Å². The van der Waals surface area contributed by atoms with Crippen molar-refractivity contribution in [2.24, 2.45) is 11.8 Å². The maximum atomic E-state index is 13.3. The molecule has 4 rings (SSSR count). The number of rotatable bonds is 9. The number of hydrogen-bond donors (Lipinski definition) is 1. The van der Waals surface area contributed by atoms with Crippen LogP contribution in [0.25, 0.3) is 22.4 Å². The average molecular weight is 480 g/mol. The van der Waals surface area contributed by atoms with Crippen molar-refractivity contribution in [3.8, 4) is 28.3 Å². The molecule has 0 bridgehead atoms. The van der Waals surface area contributed by atoms with Crippen molar-refractivity contribution in [3.63, 3.8) is 0 Å². The van der Waals surface area contributed by atoms with E-state index in [9.17, 15) is 14.7 Å². The second kappa shape index (κ2) is 10.8. The summed E-state index contributed by atoms with van der Waals surface area (Å²) in [5.41, 5.74) is 3.62. The molecular weight excluding hydrogens is 450 g/mol. The predicted octanol–water partition coefficient (Wildman–Crippen LogP) is 5.51. The van der Waals surface area contributed by atoms with E-state index < -0.39 is 11.9 Å². The summed E-state index contributed by atoms with van der Waals surface area (Å²) >= 11 is 1.38. The van der Waals surface area contributed by atoms with Gasteiger partial charge in [0, 0.05) is 41.7 Å². The summed E-state index contributed by atoms with van der Waals surface area (Å²) in [5, 5.41) is 11.9. The summed E-state index contributed by atoms with van der Waals surface area (Å²) in [6.45, 7) is 0. The Kier molecular flexibility index (Phi) is 7.57. The molecule has 8 heteroatoms. The molecule has 178 valence electrons. The van der Waals surface area contributed by atoms with Crippen LogP contribution in [0, 0.1) is 11.8 Å². The van der Waals surface area contributed by atoms with Crippen LogP contribution in [0.2, 0.25) is 0 Å². The third-order valence-corrected chi connectivity index (χ3v) is 7.35. The SMILES string of the molecule is COc1ccc(-c2ccccc2-c2csc(N(C)C(=O)C(CC(=O)O)CC3CCCC3)n2)cn1. The van der Waals surface area contributed by atoms with Crippen molar-refractivity contribution in [2.45, 2.75) is 38.5 Å². The molecule has 1 unspecified atom stereocenters. The molecule has 3 aromatic rings. The van der Waals surface area contributed by atoms with Crippen molar-refractivity contribution in [1.29, 1.82) is 0 Å². The van der Waals surface area contributed by atoms with Crippen LogP contribution in [0.5, 0.6) is 5.88 Å². The third-order valence-electron chi connectivity index (χ3n) is 6.43. The normalized spacial score (nSPS) is 14.6. The first kappa shape index (κ1) is 23.9. The van der Waals surface area contributed by atoms with Gasteiger partial charge in [-0.15, -0.1) is 11.3 Å². The molecule has 1 saturated carbocycles. The summed E-state index contributed by atoms with van der Waals surface area (Å²) in [6.07, 6.45) is 6.71. The minimum atomic E-state index is -0.938. The Balaban J connectivity index is 1.56. The number of aliphatic carboxylic acids is 1. The van der Waals surface area contributed by atoms with E-state index in [4.69, 9.17) is 9.72 Å². The van der Waals surface area contributed by atoms with Crippen LogP contribution in [0.1, 0.15) is 38.5 Å². The molecule has 1 fully saturated rings. The Morgan fingerprint density at radius 3 is 2.56 bits per heavy atom. The molecule has 1 aliphatic rings. The Hall–Kier alpha value is -3.26. The van der Waals surface area contributed by atoms with Gasteiger partial charge in [-0.25, -0.2) is 9.97 Å². The molecular formula is C26H29N3O4S. The van der Waals surface area contributed by atoms with Crippen LogP contribution in [-0.2, 0) is 9.59 Å². The number of carboxylic acids is 1. The zero-order valence-corrected chi connectivity index (χ0v) is 20.3. The lowest BCUT2D eigenvalue weighted by molar-refractivity contribution is -0.140. The van der Waals surface area contributed by atoms with Gasteiger partial charge in [-0.1, -0.05) is 49.9 Å². The molecule has 0 radical (unpaired) electrons. The maximum Gasteiger partial charge on any atom is 0.304 e. The van der Waals surface area contributed by atoms with Crippen molar-refractivity contribution in [2.75, 3.05) is 19.1 Å². The minimum absolute atomic E-state index is 0.148. The zero-order chi connectivity index (χ0) is 24.1. The van der Waals surface area contributed by atoms with E-state index >= 15 is 0 Å². The van der Waals surface area contributed by atoms with Gasteiger partial charge in [-0.2, -0.15) is 0 Å².